The van der Waals surface area contributed by atoms with Gasteiger partial charge >= 0.3 is 0 Å². The molecule has 21 heavy (non-hydrogen) atoms. The lowest BCUT2D eigenvalue weighted by Gasteiger charge is -2.21. The van der Waals surface area contributed by atoms with Crippen molar-refractivity contribution in [2.24, 2.45) is 5.92 Å². The molecule has 1 aliphatic rings. The molecule has 1 aromatic rings. The van der Waals surface area contributed by atoms with E-state index in [0.717, 1.165) is 23.5 Å². The summed E-state index contributed by atoms with van der Waals surface area (Å²) in [7, 11) is 0. The maximum absolute atomic E-state index is 11.9. The van der Waals surface area contributed by atoms with Crippen LogP contribution in [0, 0.1) is 26.7 Å². The Morgan fingerprint density at radius 3 is 2.38 bits per heavy atom. The summed E-state index contributed by atoms with van der Waals surface area (Å²) >= 11 is 1.42. The Morgan fingerprint density at radius 1 is 1.14 bits per heavy atom. The lowest BCUT2D eigenvalue weighted by atomic mass is 9.89. The molecule has 1 amide bonds. The van der Waals surface area contributed by atoms with E-state index in [1.54, 1.807) is 0 Å². The van der Waals surface area contributed by atoms with E-state index >= 15 is 0 Å². The van der Waals surface area contributed by atoms with Crippen LogP contribution in [0.5, 0.6) is 0 Å². The van der Waals surface area contributed by atoms with Crippen LogP contribution in [-0.4, -0.2) is 28.2 Å². The summed E-state index contributed by atoms with van der Waals surface area (Å²) in [6, 6.07) is 0. The van der Waals surface area contributed by atoms with Crippen LogP contribution in [0.2, 0.25) is 0 Å². The maximum Gasteiger partial charge on any atom is 0.230 e. The number of aryl methyl sites for hydroxylation is 2. The third-order valence-electron chi connectivity index (χ3n) is 4.26. The van der Waals surface area contributed by atoms with Crippen LogP contribution in [-0.2, 0) is 4.79 Å². The molecule has 1 heterocycles. The summed E-state index contributed by atoms with van der Waals surface area (Å²) in [4.78, 5) is 20.8. The van der Waals surface area contributed by atoms with Gasteiger partial charge in [0.15, 0.2) is 5.16 Å². The zero-order valence-corrected chi connectivity index (χ0v) is 14.1. The molecule has 0 spiro atoms. The van der Waals surface area contributed by atoms with Gasteiger partial charge in [-0.3, -0.25) is 4.79 Å². The number of carbonyl (C=O) groups is 1. The summed E-state index contributed by atoms with van der Waals surface area (Å²) < 4.78 is 0. The molecule has 1 aromatic heterocycles. The first-order valence-electron chi connectivity index (χ1n) is 7.77. The molecule has 1 fully saturated rings. The molecule has 0 saturated heterocycles. The van der Waals surface area contributed by atoms with Gasteiger partial charge in [-0.05, 0) is 45.1 Å². The Morgan fingerprint density at radius 2 is 1.76 bits per heavy atom. The average molecular weight is 307 g/mol. The van der Waals surface area contributed by atoms with Crippen molar-refractivity contribution < 1.29 is 4.79 Å². The minimum Gasteiger partial charge on any atom is -0.355 e. The Kier molecular flexibility index (Phi) is 6.03. The molecular formula is C16H25N3OS. The first-order chi connectivity index (χ1) is 10.1. The second-order valence-corrected chi connectivity index (χ2v) is 6.84. The number of thioether (sulfide) groups is 1. The zero-order chi connectivity index (χ0) is 15.2. The summed E-state index contributed by atoms with van der Waals surface area (Å²) in [6.45, 7) is 6.82. The third kappa shape index (κ3) is 4.99. The van der Waals surface area contributed by atoms with Crippen molar-refractivity contribution >= 4 is 17.7 Å². The van der Waals surface area contributed by atoms with Gasteiger partial charge in [0.25, 0.3) is 0 Å². The predicted octanol–water partition coefficient (Wildman–Crippen LogP) is 3.19. The molecule has 116 valence electrons. The molecule has 4 nitrogen and oxygen atoms in total. The van der Waals surface area contributed by atoms with Gasteiger partial charge in [-0.1, -0.05) is 31.0 Å². The number of carbonyl (C=O) groups excluding carboxylic acids is 1. The molecule has 1 saturated carbocycles. The van der Waals surface area contributed by atoms with Gasteiger partial charge in [0.2, 0.25) is 5.91 Å². The molecule has 0 aromatic carbocycles. The van der Waals surface area contributed by atoms with Crippen LogP contribution in [0.3, 0.4) is 0 Å². The van der Waals surface area contributed by atoms with Gasteiger partial charge < -0.3 is 5.32 Å². The number of nitrogens with zero attached hydrogens (tertiary/aromatic N) is 2. The summed E-state index contributed by atoms with van der Waals surface area (Å²) in [6.07, 6.45) is 6.49. The van der Waals surface area contributed by atoms with E-state index in [2.05, 4.69) is 15.3 Å². The fourth-order valence-corrected chi connectivity index (χ4v) is 3.40. The normalized spacial score (nSPS) is 16.0. The molecule has 5 heteroatoms. The van der Waals surface area contributed by atoms with Crippen molar-refractivity contribution in [3.63, 3.8) is 0 Å². The van der Waals surface area contributed by atoms with Crippen LogP contribution >= 0.6 is 11.8 Å². The Labute approximate surface area is 131 Å². The highest BCUT2D eigenvalue weighted by Crippen LogP contribution is 2.23. The van der Waals surface area contributed by atoms with Crippen molar-refractivity contribution in [2.45, 2.75) is 58.0 Å². The second-order valence-electron chi connectivity index (χ2n) is 5.90. The van der Waals surface area contributed by atoms with E-state index in [0.29, 0.717) is 16.8 Å². The highest BCUT2D eigenvalue weighted by Gasteiger charge is 2.14. The highest BCUT2D eigenvalue weighted by atomic mass is 32.2. The zero-order valence-electron chi connectivity index (χ0n) is 13.2. The van der Waals surface area contributed by atoms with Gasteiger partial charge in [-0.2, -0.15) is 0 Å². The maximum atomic E-state index is 11.9. The van der Waals surface area contributed by atoms with Crippen molar-refractivity contribution in [1.29, 1.82) is 0 Å². The van der Waals surface area contributed by atoms with E-state index in [1.807, 2.05) is 20.8 Å². The van der Waals surface area contributed by atoms with Gasteiger partial charge in [0.1, 0.15) is 0 Å². The molecule has 0 bridgehead atoms. The molecule has 0 aliphatic heterocycles. The summed E-state index contributed by atoms with van der Waals surface area (Å²) in [5.41, 5.74) is 3.11. The molecular weight excluding hydrogens is 282 g/mol. The van der Waals surface area contributed by atoms with E-state index < -0.39 is 0 Å². The van der Waals surface area contributed by atoms with Crippen molar-refractivity contribution in [3.8, 4) is 0 Å². The average Bonchev–Trinajstić information content (AvgIpc) is 2.49. The Balaban J connectivity index is 1.75. The fourth-order valence-electron chi connectivity index (χ4n) is 2.64. The summed E-state index contributed by atoms with van der Waals surface area (Å²) in [5.74, 6) is 1.16. The van der Waals surface area contributed by atoms with Crippen LogP contribution in [0.4, 0.5) is 0 Å². The number of nitrogens with one attached hydrogen (secondary N) is 1. The van der Waals surface area contributed by atoms with E-state index in [-0.39, 0.29) is 5.91 Å². The first-order valence-corrected chi connectivity index (χ1v) is 8.76. The molecule has 0 unspecified atom stereocenters. The number of aromatic nitrogens is 2. The van der Waals surface area contributed by atoms with Crippen LogP contribution in [0.25, 0.3) is 0 Å². The minimum atomic E-state index is 0.0880. The Hall–Kier alpha value is -1.10. The topological polar surface area (TPSA) is 54.9 Å². The lowest BCUT2D eigenvalue weighted by Crippen LogP contribution is -2.31. The van der Waals surface area contributed by atoms with E-state index in [9.17, 15) is 4.79 Å². The quantitative estimate of drug-likeness (QED) is 0.670. The molecule has 2 rings (SSSR count). The second kappa shape index (κ2) is 7.78. The van der Waals surface area contributed by atoms with Crippen molar-refractivity contribution in [1.82, 2.24) is 15.3 Å². The van der Waals surface area contributed by atoms with Crippen LogP contribution in [0.1, 0.15) is 49.1 Å². The van der Waals surface area contributed by atoms with Gasteiger partial charge in [0.05, 0.1) is 5.75 Å². The molecule has 1 N–H and O–H groups in total. The van der Waals surface area contributed by atoms with Crippen LogP contribution in [0.15, 0.2) is 5.16 Å². The van der Waals surface area contributed by atoms with Gasteiger partial charge in [-0.15, -0.1) is 0 Å². The number of hydrogen-bond acceptors (Lipinski definition) is 4. The minimum absolute atomic E-state index is 0.0880. The van der Waals surface area contributed by atoms with Crippen molar-refractivity contribution in [3.05, 3.63) is 17.0 Å². The molecule has 0 atom stereocenters. The molecule has 0 radical (unpaired) electrons. The largest absolute Gasteiger partial charge is 0.355 e. The predicted molar refractivity (Wildman–Crippen MR) is 86.6 cm³/mol. The lowest BCUT2D eigenvalue weighted by molar-refractivity contribution is -0.118. The van der Waals surface area contributed by atoms with E-state index in [4.69, 9.17) is 0 Å². The van der Waals surface area contributed by atoms with Gasteiger partial charge in [-0.25, -0.2) is 9.97 Å². The number of amides is 1. The number of rotatable bonds is 5. The smallest absolute Gasteiger partial charge is 0.230 e. The Bertz CT molecular complexity index is 475. The monoisotopic (exact) mass is 307 g/mol. The van der Waals surface area contributed by atoms with E-state index in [1.165, 1.54) is 43.9 Å². The van der Waals surface area contributed by atoms with Gasteiger partial charge in [0, 0.05) is 17.9 Å². The standard InChI is InChI=1S/C16H25N3OS/c1-11-12(2)18-16(19-13(11)3)21-10-15(20)17-9-14-7-5-4-6-8-14/h14H,4-10H2,1-3H3,(H,17,20). The third-order valence-corrected chi connectivity index (χ3v) is 5.10. The van der Waals surface area contributed by atoms with Crippen LogP contribution < -0.4 is 5.32 Å². The fraction of sp³-hybridized carbons (Fsp3) is 0.688. The molecule has 1 aliphatic carbocycles. The summed E-state index contributed by atoms with van der Waals surface area (Å²) in [5, 5.41) is 3.75. The first kappa shape index (κ1) is 16.3. The highest BCUT2D eigenvalue weighted by molar-refractivity contribution is 7.99. The SMILES string of the molecule is Cc1nc(SCC(=O)NCC2CCCCC2)nc(C)c1C. The van der Waals surface area contributed by atoms with Crippen molar-refractivity contribution in [2.75, 3.05) is 12.3 Å². The number of hydrogen-bond donors (Lipinski definition) is 1.